The lowest BCUT2D eigenvalue weighted by Gasteiger charge is -2.24. The molecule has 0 aliphatic heterocycles. The van der Waals surface area contributed by atoms with Crippen molar-refractivity contribution in [2.75, 3.05) is 57.2 Å². The number of aromatic nitrogens is 1. The molecule has 10 nitrogen and oxygen atoms in total. The maximum absolute atomic E-state index is 12.9. The molecule has 196 valence electrons. The second kappa shape index (κ2) is 14.6. The molecule has 2 amide bonds. The molecule has 37 heavy (non-hydrogen) atoms. The number of methoxy groups -OCH3 is 1. The number of thiazole rings is 1. The van der Waals surface area contributed by atoms with Crippen LogP contribution in [0.1, 0.15) is 13.8 Å². The van der Waals surface area contributed by atoms with Gasteiger partial charge in [0.05, 0.1) is 19.7 Å². The second-order valence-corrected chi connectivity index (χ2v) is 8.88. The van der Waals surface area contributed by atoms with E-state index in [9.17, 15) is 19.6 Å². The van der Waals surface area contributed by atoms with Gasteiger partial charge >= 0.3 is 0 Å². The fourth-order valence-electron chi connectivity index (χ4n) is 3.37. The third kappa shape index (κ3) is 7.79. The van der Waals surface area contributed by atoms with E-state index < -0.39 is 5.91 Å². The summed E-state index contributed by atoms with van der Waals surface area (Å²) in [7, 11) is 3.34. The van der Waals surface area contributed by atoms with Gasteiger partial charge in [-0.3, -0.25) is 23.9 Å². The molecule has 0 atom stereocenters. The molecule has 2 aromatic rings. The standard InChI is InChI=1S/C26H32N6O4S/c1-6-12-28-24(34)21(16-27)26-32(8-3)25(35)22(37-26)17-29-19-10-9-11-20(15-19)30(4)23(33)18-31(7-2)13-14-36-5/h1,9-11,15,17,29H,7-8,12-14,18H2,2-5H3,(H,28,34). The number of rotatable bonds is 12. The van der Waals surface area contributed by atoms with Gasteiger partial charge in [-0.05, 0) is 31.7 Å². The monoisotopic (exact) mass is 524 g/mol. The quantitative estimate of drug-likeness (QED) is 0.379. The number of terminal acetylenes is 1. The number of hydrogen-bond acceptors (Lipinski definition) is 8. The Labute approximate surface area is 220 Å². The molecule has 0 aliphatic rings. The number of carbonyl (C=O) groups is 2. The van der Waals surface area contributed by atoms with Gasteiger partial charge in [0.2, 0.25) is 5.91 Å². The van der Waals surface area contributed by atoms with Crippen LogP contribution < -0.4 is 30.3 Å². The van der Waals surface area contributed by atoms with Crippen LogP contribution in [0, 0.1) is 23.7 Å². The molecule has 0 aliphatic carbocycles. The molecule has 2 rings (SSSR count). The second-order valence-electron chi connectivity index (χ2n) is 7.85. The molecule has 0 saturated carbocycles. The number of anilines is 2. The van der Waals surface area contributed by atoms with Crippen LogP contribution in [0.15, 0.2) is 29.1 Å². The minimum atomic E-state index is -0.632. The van der Waals surface area contributed by atoms with Gasteiger partial charge in [-0.25, -0.2) is 0 Å². The van der Waals surface area contributed by atoms with Crippen molar-refractivity contribution in [1.82, 2.24) is 14.8 Å². The van der Waals surface area contributed by atoms with E-state index in [-0.39, 0.29) is 41.3 Å². The average Bonchev–Trinajstić information content (AvgIpc) is 3.22. The fourth-order valence-corrected chi connectivity index (χ4v) is 4.46. The van der Waals surface area contributed by atoms with Gasteiger partial charge in [0.25, 0.3) is 11.5 Å². The number of ether oxygens (including phenoxy) is 1. The molecule has 0 fully saturated rings. The third-order valence-electron chi connectivity index (χ3n) is 5.52. The Morgan fingerprint density at radius 1 is 1.32 bits per heavy atom. The van der Waals surface area contributed by atoms with E-state index in [0.717, 1.165) is 17.9 Å². The van der Waals surface area contributed by atoms with Crippen LogP contribution in [0.5, 0.6) is 0 Å². The summed E-state index contributed by atoms with van der Waals surface area (Å²) >= 11 is 1.04. The van der Waals surface area contributed by atoms with Crippen molar-refractivity contribution < 1.29 is 14.3 Å². The summed E-state index contributed by atoms with van der Waals surface area (Å²) in [6.07, 6.45) is 6.71. The van der Waals surface area contributed by atoms with E-state index >= 15 is 0 Å². The van der Waals surface area contributed by atoms with Crippen LogP contribution in [0.2, 0.25) is 0 Å². The van der Waals surface area contributed by atoms with Crippen molar-refractivity contribution in [2.45, 2.75) is 20.4 Å². The van der Waals surface area contributed by atoms with Gasteiger partial charge in [0, 0.05) is 44.8 Å². The highest BCUT2D eigenvalue weighted by atomic mass is 32.1. The molecule has 0 bridgehead atoms. The number of likely N-dealkylation sites (N-methyl/N-ethyl adjacent to an activating group) is 2. The summed E-state index contributed by atoms with van der Waals surface area (Å²) in [6, 6.07) is 9.12. The van der Waals surface area contributed by atoms with Crippen LogP contribution in [0.25, 0.3) is 11.8 Å². The van der Waals surface area contributed by atoms with E-state index in [1.54, 1.807) is 38.1 Å². The highest BCUT2D eigenvalue weighted by molar-refractivity contribution is 7.07. The molecule has 0 saturated heterocycles. The van der Waals surface area contributed by atoms with Crippen molar-refractivity contribution in [3.63, 3.8) is 0 Å². The lowest BCUT2D eigenvalue weighted by atomic mass is 10.2. The molecule has 1 aromatic carbocycles. The van der Waals surface area contributed by atoms with Crippen LogP contribution in [0.4, 0.5) is 11.4 Å². The molecule has 1 heterocycles. The van der Waals surface area contributed by atoms with Crippen molar-refractivity contribution in [1.29, 1.82) is 5.26 Å². The number of nitrogens with one attached hydrogen (secondary N) is 2. The van der Waals surface area contributed by atoms with Crippen LogP contribution in [-0.2, 0) is 20.9 Å². The highest BCUT2D eigenvalue weighted by Gasteiger charge is 2.16. The summed E-state index contributed by atoms with van der Waals surface area (Å²) in [5.41, 5.74) is 0.853. The smallest absolute Gasteiger partial charge is 0.270 e. The fraction of sp³-hybridized carbons (Fsp3) is 0.385. The van der Waals surface area contributed by atoms with Gasteiger partial charge in [0.1, 0.15) is 15.3 Å². The van der Waals surface area contributed by atoms with Crippen LogP contribution in [-0.4, -0.2) is 68.2 Å². The maximum Gasteiger partial charge on any atom is 0.270 e. The Bertz CT molecular complexity index is 1370. The Morgan fingerprint density at radius 2 is 2.08 bits per heavy atom. The SMILES string of the molecule is C#CCNC(=O)C(C#N)=c1sc(=CNc2cccc(N(C)C(=O)CN(CC)CCOC)c2)c(=O)n1CC. The Hall–Kier alpha value is -3.90. The molecule has 0 radical (unpaired) electrons. The first-order valence-corrected chi connectivity index (χ1v) is 12.5. The van der Waals surface area contributed by atoms with Crippen molar-refractivity contribution >= 4 is 46.3 Å². The van der Waals surface area contributed by atoms with Crippen LogP contribution in [0.3, 0.4) is 0 Å². The zero-order valence-electron chi connectivity index (χ0n) is 21.5. The van der Waals surface area contributed by atoms with E-state index in [4.69, 9.17) is 11.2 Å². The molecular weight excluding hydrogens is 492 g/mol. The lowest BCUT2D eigenvalue weighted by molar-refractivity contribution is -0.119. The number of carbonyl (C=O) groups excluding carboxylic acids is 2. The molecule has 0 spiro atoms. The number of hydrogen-bond donors (Lipinski definition) is 2. The average molecular weight is 525 g/mol. The van der Waals surface area contributed by atoms with E-state index in [1.807, 2.05) is 30.0 Å². The lowest BCUT2D eigenvalue weighted by Crippen LogP contribution is -2.39. The first kappa shape index (κ1) is 29.3. The Kier molecular flexibility index (Phi) is 11.6. The number of nitriles is 1. The molecule has 2 N–H and O–H groups in total. The molecule has 0 unspecified atom stereocenters. The van der Waals surface area contributed by atoms with Gasteiger partial charge < -0.3 is 20.3 Å². The van der Waals surface area contributed by atoms with Gasteiger partial charge in [-0.15, -0.1) is 17.8 Å². The first-order chi connectivity index (χ1) is 17.8. The zero-order valence-corrected chi connectivity index (χ0v) is 22.4. The van der Waals surface area contributed by atoms with Gasteiger partial charge in [-0.2, -0.15) is 5.26 Å². The molecule has 11 heteroatoms. The third-order valence-corrected chi connectivity index (χ3v) is 6.65. The number of nitrogens with zero attached hydrogens (tertiary/aromatic N) is 4. The van der Waals surface area contributed by atoms with Crippen molar-refractivity contribution in [3.8, 4) is 18.4 Å². The number of amides is 2. The topological polar surface area (TPSA) is 120 Å². The summed E-state index contributed by atoms with van der Waals surface area (Å²) < 4.78 is 7.05. The van der Waals surface area contributed by atoms with Crippen molar-refractivity contribution in [3.05, 3.63) is 43.8 Å². The first-order valence-electron chi connectivity index (χ1n) is 11.7. The Balaban J connectivity index is 2.32. The summed E-state index contributed by atoms with van der Waals surface area (Å²) in [5, 5.41) is 15.1. The van der Waals surface area contributed by atoms with E-state index in [2.05, 4.69) is 16.6 Å². The minimum absolute atomic E-state index is 0.0246. The predicted molar refractivity (Wildman–Crippen MR) is 146 cm³/mol. The van der Waals surface area contributed by atoms with Crippen molar-refractivity contribution in [2.24, 2.45) is 0 Å². The predicted octanol–water partition coefficient (Wildman–Crippen LogP) is 0.135. The van der Waals surface area contributed by atoms with E-state index in [1.165, 1.54) is 10.8 Å². The van der Waals surface area contributed by atoms with Gasteiger partial charge in [-0.1, -0.05) is 18.9 Å². The van der Waals surface area contributed by atoms with Gasteiger partial charge in [0.15, 0.2) is 5.57 Å². The minimum Gasteiger partial charge on any atom is -0.383 e. The Morgan fingerprint density at radius 3 is 2.70 bits per heavy atom. The summed E-state index contributed by atoms with van der Waals surface area (Å²) in [4.78, 5) is 41.7. The van der Waals surface area contributed by atoms with Crippen LogP contribution >= 0.6 is 11.3 Å². The maximum atomic E-state index is 12.9. The summed E-state index contributed by atoms with van der Waals surface area (Å²) in [5.74, 6) is 1.59. The highest BCUT2D eigenvalue weighted by Crippen LogP contribution is 2.19. The normalized spacial score (nSPS) is 12.0. The summed E-state index contributed by atoms with van der Waals surface area (Å²) in [6.45, 7) is 6.22. The van der Waals surface area contributed by atoms with E-state index in [0.29, 0.717) is 29.1 Å². The zero-order chi connectivity index (χ0) is 27.4. The number of benzene rings is 1. The largest absolute Gasteiger partial charge is 0.383 e. The molecule has 1 aromatic heterocycles. The molecular formula is C26H32N6O4S.